The second-order valence-corrected chi connectivity index (χ2v) is 6.94. The average Bonchev–Trinajstić information content (AvgIpc) is 2.47. The van der Waals surface area contributed by atoms with Crippen molar-refractivity contribution in [1.82, 2.24) is 4.90 Å². The van der Waals surface area contributed by atoms with E-state index < -0.39 is 0 Å². The van der Waals surface area contributed by atoms with Crippen LogP contribution in [0.1, 0.15) is 52.0 Å². The maximum absolute atomic E-state index is 12.8. The molecular formula is C18H29ClN2O. The number of piperidine rings is 1. The van der Waals surface area contributed by atoms with Gasteiger partial charge in [-0.05, 0) is 37.2 Å². The van der Waals surface area contributed by atoms with E-state index in [9.17, 15) is 4.79 Å². The minimum absolute atomic E-state index is 0. The Morgan fingerprint density at radius 3 is 2.55 bits per heavy atom. The molecule has 0 radical (unpaired) electrons. The molecule has 1 aliphatic rings. The number of rotatable bonds is 4. The normalized spacial score (nSPS) is 20.2. The van der Waals surface area contributed by atoms with Crippen molar-refractivity contribution in [3.63, 3.8) is 0 Å². The summed E-state index contributed by atoms with van der Waals surface area (Å²) in [5.74, 6) is 0.242. The van der Waals surface area contributed by atoms with Gasteiger partial charge < -0.3 is 10.6 Å². The Kier molecular flexibility index (Phi) is 6.89. The number of carbonyl (C=O) groups is 1. The smallest absolute Gasteiger partial charge is 0.223 e. The van der Waals surface area contributed by atoms with Crippen molar-refractivity contribution in [3.05, 3.63) is 35.9 Å². The fourth-order valence-corrected chi connectivity index (χ4v) is 3.28. The predicted octanol–water partition coefficient (Wildman–Crippen LogP) is 3.50. The zero-order valence-corrected chi connectivity index (χ0v) is 14.7. The SMILES string of the molecule is CC(N)C1CCCCN1C(=O)CC(C)(C)c1ccccc1.Cl. The molecule has 0 aromatic heterocycles. The van der Waals surface area contributed by atoms with Crippen molar-refractivity contribution in [1.29, 1.82) is 0 Å². The van der Waals surface area contributed by atoms with Gasteiger partial charge in [0, 0.05) is 25.0 Å². The molecule has 1 fully saturated rings. The van der Waals surface area contributed by atoms with Gasteiger partial charge in [0.15, 0.2) is 0 Å². The third-order valence-corrected chi connectivity index (χ3v) is 4.62. The van der Waals surface area contributed by atoms with Crippen molar-refractivity contribution in [2.24, 2.45) is 5.73 Å². The molecule has 1 heterocycles. The molecule has 1 saturated heterocycles. The summed E-state index contributed by atoms with van der Waals surface area (Å²) >= 11 is 0. The molecule has 4 heteroatoms. The first kappa shape index (κ1) is 19.0. The number of halogens is 1. The van der Waals surface area contributed by atoms with Gasteiger partial charge in [0.2, 0.25) is 5.91 Å². The molecular weight excluding hydrogens is 296 g/mol. The van der Waals surface area contributed by atoms with Crippen LogP contribution in [0.3, 0.4) is 0 Å². The summed E-state index contributed by atoms with van der Waals surface area (Å²) in [6, 6.07) is 10.5. The van der Waals surface area contributed by atoms with E-state index in [1.807, 2.05) is 30.0 Å². The average molecular weight is 325 g/mol. The number of hydrogen-bond acceptors (Lipinski definition) is 2. The van der Waals surface area contributed by atoms with E-state index in [4.69, 9.17) is 5.73 Å². The van der Waals surface area contributed by atoms with Gasteiger partial charge in [0.1, 0.15) is 0 Å². The number of benzene rings is 1. The molecule has 0 saturated carbocycles. The van der Waals surface area contributed by atoms with Crippen molar-refractivity contribution in [3.8, 4) is 0 Å². The van der Waals surface area contributed by atoms with Crippen LogP contribution in [-0.2, 0) is 10.2 Å². The van der Waals surface area contributed by atoms with E-state index in [1.165, 1.54) is 12.0 Å². The zero-order chi connectivity index (χ0) is 15.5. The summed E-state index contributed by atoms with van der Waals surface area (Å²) in [7, 11) is 0. The third-order valence-electron chi connectivity index (χ3n) is 4.62. The monoisotopic (exact) mass is 324 g/mol. The first-order chi connectivity index (χ1) is 9.92. The minimum atomic E-state index is -0.141. The largest absolute Gasteiger partial charge is 0.338 e. The maximum atomic E-state index is 12.8. The van der Waals surface area contributed by atoms with Gasteiger partial charge in [-0.15, -0.1) is 12.4 Å². The molecule has 1 amide bonds. The fraction of sp³-hybridized carbons (Fsp3) is 0.611. The number of nitrogens with zero attached hydrogens (tertiary/aromatic N) is 1. The molecule has 1 aliphatic heterocycles. The molecule has 2 atom stereocenters. The van der Waals surface area contributed by atoms with E-state index in [1.54, 1.807) is 0 Å². The first-order valence-electron chi connectivity index (χ1n) is 8.02. The van der Waals surface area contributed by atoms with Crippen molar-refractivity contribution in [2.45, 2.75) is 64.0 Å². The van der Waals surface area contributed by atoms with Gasteiger partial charge in [-0.1, -0.05) is 44.2 Å². The van der Waals surface area contributed by atoms with E-state index in [0.717, 1.165) is 19.4 Å². The molecule has 1 aromatic carbocycles. The van der Waals surface area contributed by atoms with Crippen LogP contribution in [0.2, 0.25) is 0 Å². The molecule has 0 aliphatic carbocycles. The Morgan fingerprint density at radius 1 is 1.32 bits per heavy atom. The molecule has 124 valence electrons. The Morgan fingerprint density at radius 2 is 1.95 bits per heavy atom. The van der Waals surface area contributed by atoms with Crippen LogP contribution in [0.4, 0.5) is 0 Å². The van der Waals surface area contributed by atoms with Gasteiger partial charge in [0.05, 0.1) is 0 Å². The van der Waals surface area contributed by atoms with E-state index in [0.29, 0.717) is 6.42 Å². The lowest BCUT2D eigenvalue weighted by atomic mass is 9.80. The molecule has 22 heavy (non-hydrogen) atoms. The van der Waals surface area contributed by atoms with Crippen LogP contribution in [-0.4, -0.2) is 29.4 Å². The lowest BCUT2D eigenvalue weighted by Crippen LogP contribution is -2.52. The number of hydrogen-bond donors (Lipinski definition) is 1. The van der Waals surface area contributed by atoms with E-state index in [-0.39, 0.29) is 35.8 Å². The molecule has 3 nitrogen and oxygen atoms in total. The number of amides is 1. The summed E-state index contributed by atoms with van der Waals surface area (Å²) in [5.41, 5.74) is 7.15. The van der Waals surface area contributed by atoms with Crippen LogP contribution < -0.4 is 5.73 Å². The quantitative estimate of drug-likeness (QED) is 0.921. The van der Waals surface area contributed by atoms with Gasteiger partial charge >= 0.3 is 0 Å². The summed E-state index contributed by atoms with van der Waals surface area (Å²) in [4.78, 5) is 14.8. The highest BCUT2D eigenvalue weighted by molar-refractivity contribution is 5.85. The molecule has 2 unspecified atom stereocenters. The Balaban J connectivity index is 0.00000242. The fourth-order valence-electron chi connectivity index (χ4n) is 3.28. The van der Waals surface area contributed by atoms with Crippen LogP contribution in [0.25, 0.3) is 0 Å². The highest BCUT2D eigenvalue weighted by Gasteiger charge is 2.33. The highest BCUT2D eigenvalue weighted by atomic mass is 35.5. The Labute approximate surface area is 140 Å². The summed E-state index contributed by atoms with van der Waals surface area (Å²) in [6.07, 6.45) is 3.86. The molecule has 2 rings (SSSR count). The zero-order valence-electron chi connectivity index (χ0n) is 13.9. The van der Waals surface area contributed by atoms with Crippen LogP contribution in [0.5, 0.6) is 0 Å². The molecule has 1 aromatic rings. The Hall–Kier alpha value is -1.06. The number of carbonyl (C=O) groups excluding carboxylic acids is 1. The molecule has 2 N–H and O–H groups in total. The summed E-state index contributed by atoms with van der Waals surface area (Å²) in [5, 5.41) is 0. The van der Waals surface area contributed by atoms with Crippen LogP contribution in [0.15, 0.2) is 30.3 Å². The highest BCUT2D eigenvalue weighted by Crippen LogP contribution is 2.29. The molecule has 0 bridgehead atoms. The van der Waals surface area contributed by atoms with Crippen LogP contribution >= 0.6 is 12.4 Å². The van der Waals surface area contributed by atoms with Crippen molar-refractivity contribution < 1.29 is 4.79 Å². The lowest BCUT2D eigenvalue weighted by Gasteiger charge is -2.39. The predicted molar refractivity (Wildman–Crippen MR) is 94.3 cm³/mol. The van der Waals surface area contributed by atoms with Gasteiger partial charge in [-0.25, -0.2) is 0 Å². The topological polar surface area (TPSA) is 46.3 Å². The minimum Gasteiger partial charge on any atom is -0.338 e. The second-order valence-electron chi connectivity index (χ2n) is 6.94. The standard InChI is InChI=1S/C18H28N2O.ClH/c1-14(19)16-11-7-8-12-20(16)17(21)13-18(2,3)15-9-5-4-6-10-15;/h4-6,9-10,14,16H,7-8,11-13,19H2,1-3H3;1H. The number of nitrogens with two attached hydrogens (primary N) is 1. The Bertz CT molecular complexity index is 473. The summed E-state index contributed by atoms with van der Waals surface area (Å²) < 4.78 is 0. The van der Waals surface area contributed by atoms with E-state index in [2.05, 4.69) is 26.0 Å². The van der Waals surface area contributed by atoms with Crippen molar-refractivity contribution >= 4 is 18.3 Å². The van der Waals surface area contributed by atoms with Gasteiger partial charge in [0.25, 0.3) is 0 Å². The van der Waals surface area contributed by atoms with Gasteiger partial charge in [-0.2, -0.15) is 0 Å². The lowest BCUT2D eigenvalue weighted by molar-refractivity contribution is -0.136. The number of likely N-dealkylation sites (tertiary alicyclic amines) is 1. The first-order valence-corrected chi connectivity index (χ1v) is 8.02. The third kappa shape index (κ3) is 4.47. The maximum Gasteiger partial charge on any atom is 0.223 e. The summed E-state index contributed by atoms with van der Waals surface area (Å²) in [6.45, 7) is 7.16. The van der Waals surface area contributed by atoms with Gasteiger partial charge in [-0.3, -0.25) is 4.79 Å². The van der Waals surface area contributed by atoms with Crippen molar-refractivity contribution in [2.75, 3.05) is 6.54 Å². The van der Waals surface area contributed by atoms with Crippen LogP contribution in [0, 0.1) is 0 Å². The second kappa shape index (κ2) is 7.98. The van der Waals surface area contributed by atoms with E-state index >= 15 is 0 Å². The molecule has 0 spiro atoms.